The van der Waals surface area contributed by atoms with Crippen LogP contribution in [0.1, 0.15) is 16.7 Å². The molecule has 2 heteroatoms. The quantitative estimate of drug-likeness (QED) is 0.756. The summed E-state index contributed by atoms with van der Waals surface area (Å²) in [6.45, 7) is 0. The fraction of sp³-hybridized carbons (Fsp3) is 0. The molecule has 0 aliphatic heterocycles. The lowest BCUT2D eigenvalue weighted by Gasteiger charge is -1.94. The van der Waals surface area contributed by atoms with Gasteiger partial charge in [-0.15, -0.1) is 0 Å². The second-order valence-electron chi connectivity index (χ2n) is 3.35. The molecule has 0 atom stereocenters. The Bertz CT molecular complexity index is 519. The Labute approximate surface area is 94.5 Å². The maximum Gasteiger partial charge on any atom is 0.0991 e. The highest BCUT2D eigenvalue weighted by atomic mass is 14.6. The van der Waals surface area contributed by atoms with Crippen molar-refractivity contribution in [3.05, 3.63) is 65.5 Å². The van der Waals surface area contributed by atoms with Crippen molar-refractivity contribution in [1.29, 1.82) is 5.26 Å². The fourth-order valence-corrected chi connectivity index (χ4v) is 1.34. The van der Waals surface area contributed by atoms with Crippen molar-refractivity contribution in [3.8, 4) is 6.07 Å². The standard InChI is InChI=1S/C14H10N2/c15-10-13-6-3-12(4-7-13)5-8-14-2-1-9-16-11-14/h1-9,11H. The van der Waals surface area contributed by atoms with Gasteiger partial charge >= 0.3 is 0 Å². The highest BCUT2D eigenvalue weighted by Crippen LogP contribution is 2.08. The molecule has 0 aliphatic carbocycles. The summed E-state index contributed by atoms with van der Waals surface area (Å²) in [6, 6.07) is 13.4. The van der Waals surface area contributed by atoms with Crippen LogP contribution in [-0.2, 0) is 0 Å². The van der Waals surface area contributed by atoms with Gasteiger partial charge in [-0.1, -0.05) is 30.4 Å². The van der Waals surface area contributed by atoms with E-state index in [4.69, 9.17) is 5.26 Å². The van der Waals surface area contributed by atoms with E-state index in [0.29, 0.717) is 5.56 Å². The van der Waals surface area contributed by atoms with Crippen molar-refractivity contribution >= 4 is 12.2 Å². The summed E-state index contributed by atoms with van der Waals surface area (Å²) in [5.41, 5.74) is 2.81. The minimum absolute atomic E-state index is 0.679. The average molecular weight is 206 g/mol. The van der Waals surface area contributed by atoms with Crippen molar-refractivity contribution < 1.29 is 0 Å². The van der Waals surface area contributed by atoms with Crippen LogP contribution in [0.2, 0.25) is 0 Å². The highest BCUT2D eigenvalue weighted by molar-refractivity contribution is 5.69. The monoisotopic (exact) mass is 206 g/mol. The number of benzene rings is 1. The van der Waals surface area contributed by atoms with E-state index in [1.807, 2.05) is 48.6 Å². The molecule has 0 bridgehead atoms. The first kappa shape index (κ1) is 10.1. The van der Waals surface area contributed by atoms with Crippen LogP contribution in [0.3, 0.4) is 0 Å². The van der Waals surface area contributed by atoms with Crippen LogP contribution >= 0.6 is 0 Å². The molecule has 0 unspecified atom stereocenters. The molecule has 1 aromatic carbocycles. The SMILES string of the molecule is N#Cc1ccc(C=Cc2cccnc2)cc1. The Morgan fingerprint density at radius 3 is 2.38 bits per heavy atom. The third-order valence-electron chi connectivity index (χ3n) is 2.19. The number of nitriles is 1. The van der Waals surface area contributed by atoms with Gasteiger partial charge in [-0.2, -0.15) is 5.26 Å². The normalized spacial score (nSPS) is 10.2. The Balaban J connectivity index is 2.15. The molecule has 2 rings (SSSR count). The van der Waals surface area contributed by atoms with Crippen LogP contribution < -0.4 is 0 Å². The van der Waals surface area contributed by atoms with E-state index in [0.717, 1.165) is 11.1 Å². The first-order valence-corrected chi connectivity index (χ1v) is 4.97. The van der Waals surface area contributed by atoms with Gasteiger partial charge in [-0.25, -0.2) is 0 Å². The van der Waals surface area contributed by atoms with Crippen LogP contribution in [0.25, 0.3) is 12.2 Å². The minimum Gasteiger partial charge on any atom is -0.264 e. The molecule has 2 aromatic rings. The van der Waals surface area contributed by atoms with Crippen LogP contribution in [0.5, 0.6) is 0 Å². The van der Waals surface area contributed by atoms with Crippen molar-refractivity contribution in [3.63, 3.8) is 0 Å². The third kappa shape index (κ3) is 2.55. The van der Waals surface area contributed by atoms with Gasteiger partial charge in [0.1, 0.15) is 0 Å². The molecule has 0 spiro atoms. The van der Waals surface area contributed by atoms with Crippen molar-refractivity contribution in [2.75, 3.05) is 0 Å². The van der Waals surface area contributed by atoms with Crippen LogP contribution in [0.4, 0.5) is 0 Å². The van der Waals surface area contributed by atoms with Crippen molar-refractivity contribution in [2.45, 2.75) is 0 Å². The maximum atomic E-state index is 8.66. The highest BCUT2D eigenvalue weighted by Gasteiger charge is 1.89. The Kier molecular flexibility index (Phi) is 3.10. The Morgan fingerprint density at radius 2 is 1.75 bits per heavy atom. The van der Waals surface area contributed by atoms with Gasteiger partial charge in [-0.05, 0) is 29.3 Å². The summed E-state index contributed by atoms with van der Waals surface area (Å²) < 4.78 is 0. The summed E-state index contributed by atoms with van der Waals surface area (Å²) in [4.78, 5) is 4.03. The number of hydrogen-bond acceptors (Lipinski definition) is 2. The predicted octanol–water partition coefficient (Wildman–Crippen LogP) is 3.12. The third-order valence-corrected chi connectivity index (χ3v) is 2.19. The number of rotatable bonds is 2. The molecular weight excluding hydrogens is 196 g/mol. The molecule has 0 N–H and O–H groups in total. The topological polar surface area (TPSA) is 36.7 Å². The largest absolute Gasteiger partial charge is 0.264 e. The number of nitrogens with zero attached hydrogens (tertiary/aromatic N) is 2. The van der Waals surface area contributed by atoms with Crippen molar-refractivity contribution in [2.24, 2.45) is 0 Å². The van der Waals surface area contributed by atoms with Gasteiger partial charge in [0, 0.05) is 12.4 Å². The van der Waals surface area contributed by atoms with Gasteiger partial charge in [0.2, 0.25) is 0 Å². The minimum atomic E-state index is 0.679. The second-order valence-corrected chi connectivity index (χ2v) is 3.35. The van der Waals surface area contributed by atoms with Crippen LogP contribution in [0, 0.1) is 11.3 Å². The average Bonchev–Trinajstić information content (AvgIpc) is 2.38. The maximum absolute atomic E-state index is 8.66. The summed E-state index contributed by atoms with van der Waals surface area (Å²) in [7, 11) is 0. The van der Waals surface area contributed by atoms with E-state index >= 15 is 0 Å². The molecule has 1 aromatic heterocycles. The van der Waals surface area contributed by atoms with Crippen LogP contribution in [0.15, 0.2) is 48.8 Å². The zero-order chi connectivity index (χ0) is 11.2. The molecule has 16 heavy (non-hydrogen) atoms. The van der Waals surface area contributed by atoms with Gasteiger partial charge in [0.05, 0.1) is 11.6 Å². The molecular formula is C14H10N2. The van der Waals surface area contributed by atoms with E-state index in [1.54, 1.807) is 12.4 Å². The number of hydrogen-bond donors (Lipinski definition) is 0. The molecule has 0 radical (unpaired) electrons. The molecule has 0 aliphatic rings. The van der Waals surface area contributed by atoms with Crippen molar-refractivity contribution in [1.82, 2.24) is 4.98 Å². The molecule has 1 heterocycles. The van der Waals surface area contributed by atoms with E-state index in [1.165, 1.54) is 0 Å². The first-order valence-electron chi connectivity index (χ1n) is 4.97. The van der Waals surface area contributed by atoms with E-state index in [-0.39, 0.29) is 0 Å². The Hall–Kier alpha value is -2.40. The van der Waals surface area contributed by atoms with Gasteiger partial charge in [-0.3, -0.25) is 4.98 Å². The van der Waals surface area contributed by atoms with Gasteiger partial charge < -0.3 is 0 Å². The Morgan fingerprint density at radius 1 is 1.00 bits per heavy atom. The smallest absolute Gasteiger partial charge is 0.0991 e. The molecule has 0 amide bonds. The van der Waals surface area contributed by atoms with E-state index in [9.17, 15) is 0 Å². The number of pyridine rings is 1. The lowest BCUT2D eigenvalue weighted by Crippen LogP contribution is -1.76. The molecule has 76 valence electrons. The number of aromatic nitrogens is 1. The second kappa shape index (κ2) is 4.90. The molecule has 2 nitrogen and oxygen atoms in total. The van der Waals surface area contributed by atoms with Crippen LogP contribution in [-0.4, -0.2) is 4.98 Å². The zero-order valence-electron chi connectivity index (χ0n) is 8.67. The summed E-state index contributed by atoms with van der Waals surface area (Å²) in [5.74, 6) is 0. The zero-order valence-corrected chi connectivity index (χ0v) is 8.67. The summed E-state index contributed by atoms with van der Waals surface area (Å²) in [6.07, 6.45) is 7.55. The molecule has 0 saturated carbocycles. The molecule has 0 fully saturated rings. The van der Waals surface area contributed by atoms with Gasteiger partial charge in [0.25, 0.3) is 0 Å². The lowest BCUT2D eigenvalue weighted by atomic mass is 10.1. The lowest BCUT2D eigenvalue weighted by molar-refractivity contribution is 1.32. The van der Waals surface area contributed by atoms with E-state index < -0.39 is 0 Å². The summed E-state index contributed by atoms with van der Waals surface area (Å²) >= 11 is 0. The fourth-order valence-electron chi connectivity index (χ4n) is 1.34. The van der Waals surface area contributed by atoms with Gasteiger partial charge in [0.15, 0.2) is 0 Å². The first-order chi connectivity index (χ1) is 7.88. The summed E-state index contributed by atoms with van der Waals surface area (Å²) in [5, 5.41) is 8.66. The molecule has 0 saturated heterocycles. The van der Waals surface area contributed by atoms with E-state index in [2.05, 4.69) is 11.1 Å². The predicted molar refractivity (Wildman–Crippen MR) is 64.3 cm³/mol.